The van der Waals surface area contributed by atoms with Crippen molar-refractivity contribution >= 4 is 16.8 Å². The summed E-state index contributed by atoms with van der Waals surface area (Å²) in [4.78, 5) is 18.8. The van der Waals surface area contributed by atoms with Crippen LogP contribution in [0.3, 0.4) is 0 Å². The Balaban J connectivity index is 1.28. The minimum atomic E-state index is -0.446. The van der Waals surface area contributed by atoms with Gasteiger partial charge in [-0.05, 0) is 30.7 Å². The van der Waals surface area contributed by atoms with E-state index < -0.39 is 6.10 Å². The zero-order valence-electron chi connectivity index (χ0n) is 14.9. The minimum absolute atomic E-state index is 0.0566. The molecule has 140 valence electrons. The monoisotopic (exact) mass is 366 g/mol. The Morgan fingerprint density at radius 2 is 1.96 bits per heavy atom. The van der Waals surface area contributed by atoms with Crippen LogP contribution < -0.4 is 0 Å². The Morgan fingerprint density at radius 3 is 2.78 bits per heavy atom. The summed E-state index contributed by atoms with van der Waals surface area (Å²) in [6.45, 7) is 1.70. The third-order valence-electron chi connectivity index (χ3n) is 6.07. The van der Waals surface area contributed by atoms with Crippen LogP contribution in [-0.4, -0.2) is 59.7 Å². The number of rotatable bonds is 3. The first-order valence-corrected chi connectivity index (χ1v) is 9.39. The predicted octanol–water partition coefficient (Wildman–Crippen LogP) is 1.10. The van der Waals surface area contributed by atoms with Gasteiger partial charge in [-0.15, -0.1) is 0 Å². The second-order valence-electron chi connectivity index (χ2n) is 7.66. The van der Waals surface area contributed by atoms with Gasteiger partial charge >= 0.3 is 0 Å². The molecule has 0 unspecified atom stereocenters. The molecule has 8 nitrogen and oxygen atoms in total. The number of benzene rings is 1. The number of amides is 1. The molecule has 0 radical (unpaired) electrons. The molecule has 1 aliphatic heterocycles. The lowest BCUT2D eigenvalue weighted by Crippen LogP contribution is -2.36. The number of carbonyl (C=O) groups excluding carboxylic acids is 1. The second kappa shape index (κ2) is 6.45. The van der Waals surface area contributed by atoms with Crippen molar-refractivity contribution in [3.05, 3.63) is 43.1 Å². The highest BCUT2D eigenvalue weighted by Crippen LogP contribution is 2.41. The number of aromatic nitrogens is 5. The number of likely N-dealkylation sites (tertiary alicyclic amines) is 1. The Bertz CT molecular complexity index is 952. The van der Waals surface area contributed by atoms with E-state index in [-0.39, 0.29) is 18.5 Å². The molecule has 5 rings (SSSR count). The number of hydrogen-bond acceptors (Lipinski definition) is 5. The molecular weight excluding hydrogens is 344 g/mol. The zero-order chi connectivity index (χ0) is 18.4. The lowest BCUT2D eigenvalue weighted by molar-refractivity contribution is -0.131. The van der Waals surface area contributed by atoms with Gasteiger partial charge in [-0.25, -0.2) is 9.67 Å². The van der Waals surface area contributed by atoms with E-state index in [1.54, 1.807) is 21.9 Å². The van der Waals surface area contributed by atoms with Gasteiger partial charge < -0.3 is 10.0 Å². The molecule has 3 heterocycles. The maximum Gasteiger partial charge on any atom is 0.244 e. The third-order valence-corrected chi connectivity index (χ3v) is 6.07. The summed E-state index contributed by atoms with van der Waals surface area (Å²) in [6, 6.07) is 7.86. The van der Waals surface area contributed by atoms with Gasteiger partial charge in [-0.3, -0.25) is 9.48 Å². The summed E-state index contributed by atoms with van der Waals surface area (Å²) in [7, 11) is 0. The first kappa shape index (κ1) is 16.4. The molecule has 27 heavy (non-hydrogen) atoms. The summed E-state index contributed by atoms with van der Waals surface area (Å²) in [5, 5.41) is 20.1. The van der Waals surface area contributed by atoms with E-state index in [9.17, 15) is 9.90 Å². The van der Waals surface area contributed by atoms with Crippen molar-refractivity contribution in [3.63, 3.8) is 0 Å². The van der Waals surface area contributed by atoms with Crippen molar-refractivity contribution < 1.29 is 9.90 Å². The van der Waals surface area contributed by atoms with E-state index in [4.69, 9.17) is 0 Å². The lowest BCUT2D eigenvalue weighted by atomic mass is 9.77. The number of carbonyl (C=O) groups is 1. The van der Waals surface area contributed by atoms with Gasteiger partial charge in [0.25, 0.3) is 0 Å². The van der Waals surface area contributed by atoms with Gasteiger partial charge in [0.15, 0.2) is 0 Å². The van der Waals surface area contributed by atoms with Crippen molar-refractivity contribution in [2.24, 2.45) is 11.8 Å². The summed E-state index contributed by atoms with van der Waals surface area (Å²) < 4.78 is 3.52. The van der Waals surface area contributed by atoms with Gasteiger partial charge in [-0.2, -0.15) is 10.2 Å². The summed E-state index contributed by atoms with van der Waals surface area (Å²) >= 11 is 0. The van der Waals surface area contributed by atoms with Crippen LogP contribution in [0.25, 0.3) is 10.9 Å². The molecule has 1 saturated heterocycles. The number of para-hydroxylation sites is 1. The highest BCUT2D eigenvalue weighted by Gasteiger charge is 2.43. The van der Waals surface area contributed by atoms with Crippen LogP contribution in [0.1, 0.15) is 18.9 Å². The van der Waals surface area contributed by atoms with Gasteiger partial charge in [0.2, 0.25) is 5.91 Å². The Morgan fingerprint density at radius 1 is 1.15 bits per heavy atom. The molecule has 2 aromatic heterocycles. The minimum Gasteiger partial charge on any atom is -0.391 e. The number of nitrogens with zero attached hydrogens (tertiary/aromatic N) is 6. The van der Waals surface area contributed by atoms with Crippen LogP contribution in [0.4, 0.5) is 0 Å². The van der Waals surface area contributed by atoms with Gasteiger partial charge in [-0.1, -0.05) is 18.2 Å². The van der Waals surface area contributed by atoms with Crippen molar-refractivity contribution in [2.75, 3.05) is 13.1 Å². The van der Waals surface area contributed by atoms with Crippen LogP contribution in [-0.2, 0) is 11.3 Å². The Labute approximate surface area is 156 Å². The maximum absolute atomic E-state index is 12.9. The first-order chi connectivity index (χ1) is 13.2. The molecule has 1 N–H and O–H groups in total. The molecule has 1 aliphatic carbocycles. The zero-order valence-corrected chi connectivity index (χ0v) is 14.9. The fraction of sp³-hybridized carbons (Fsp3) is 0.474. The summed E-state index contributed by atoms with van der Waals surface area (Å²) in [5.74, 6) is 0.823. The van der Waals surface area contributed by atoms with Crippen molar-refractivity contribution in [3.8, 4) is 0 Å². The third kappa shape index (κ3) is 2.90. The van der Waals surface area contributed by atoms with E-state index in [2.05, 4.69) is 15.2 Å². The van der Waals surface area contributed by atoms with E-state index in [0.717, 1.165) is 23.9 Å². The molecule has 0 bridgehead atoms. The summed E-state index contributed by atoms with van der Waals surface area (Å²) in [6.07, 6.45) is 6.03. The molecule has 4 atom stereocenters. The molecule has 8 heteroatoms. The number of fused-ring (bicyclic) bond motifs is 2. The SMILES string of the molecule is O=C(Cn1ncc2ccccc21)N1C[C@H]2C[C@@H](n3cncn3)[C@H](O)C[C@H]2C1. The number of aliphatic hydroxyl groups is 1. The fourth-order valence-corrected chi connectivity index (χ4v) is 4.66. The van der Waals surface area contributed by atoms with E-state index in [1.807, 2.05) is 29.2 Å². The maximum atomic E-state index is 12.9. The average Bonchev–Trinajstić information content (AvgIpc) is 3.40. The lowest BCUT2D eigenvalue weighted by Gasteiger charge is -2.34. The highest BCUT2D eigenvalue weighted by atomic mass is 16.3. The van der Waals surface area contributed by atoms with Crippen LogP contribution in [0.2, 0.25) is 0 Å². The van der Waals surface area contributed by atoms with Gasteiger partial charge in [0, 0.05) is 18.5 Å². The molecule has 1 amide bonds. The average molecular weight is 366 g/mol. The van der Waals surface area contributed by atoms with E-state index >= 15 is 0 Å². The molecule has 2 fully saturated rings. The van der Waals surface area contributed by atoms with Crippen LogP contribution >= 0.6 is 0 Å². The normalized spacial score (nSPS) is 27.8. The first-order valence-electron chi connectivity index (χ1n) is 9.39. The molecule has 2 aliphatic rings. The van der Waals surface area contributed by atoms with Crippen molar-refractivity contribution in [2.45, 2.75) is 31.5 Å². The highest BCUT2D eigenvalue weighted by molar-refractivity contribution is 5.82. The largest absolute Gasteiger partial charge is 0.391 e. The standard InChI is InChI=1S/C19H22N6O2/c26-18-6-15-9-23(8-14(15)5-17(18)25-12-20-11-22-25)19(27)10-24-16-4-2-1-3-13(16)7-21-24/h1-4,7,11-12,14-15,17-18,26H,5-6,8-10H2/t14-,15+,17-,18-/m1/s1. The van der Waals surface area contributed by atoms with Crippen LogP contribution in [0.5, 0.6) is 0 Å². The second-order valence-corrected chi connectivity index (χ2v) is 7.66. The van der Waals surface area contributed by atoms with Crippen molar-refractivity contribution in [1.82, 2.24) is 29.4 Å². The summed E-state index contributed by atoms with van der Waals surface area (Å²) in [5.41, 5.74) is 0.976. The molecule has 0 spiro atoms. The van der Waals surface area contributed by atoms with Gasteiger partial charge in [0.05, 0.1) is 23.9 Å². The quantitative estimate of drug-likeness (QED) is 0.750. The molecule has 1 saturated carbocycles. The fourth-order valence-electron chi connectivity index (χ4n) is 4.66. The van der Waals surface area contributed by atoms with E-state index in [1.165, 1.54) is 6.33 Å². The molecular formula is C19H22N6O2. The van der Waals surface area contributed by atoms with E-state index in [0.29, 0.717) is 24.8 Å². The smallest absolute Gasteiger partial charge is 0.244 e. The van der Waals surface area contributed by atoms with Crippen LogP contribution in [0, 0.1) is 11.8 Å². The number of hydrogen-bond donors (Lipinski definition) is 1. The predicted molar refractivity (Wildman–Crippen MR) is 97.6 cm³/mol. The Hall–Kier alpha value is -2.74. The van der Waals surface area contributed by atoms with Gasteiger partial charge in [0.1, 0.15) is 19.2 Å². The van der Waals surface area contributed by atoms with Crippen molar-refractivity contribution in [1.29, 1.82) is 0 Å². The Kier molecular flexibility index (Phi) is 3.93. The molecule has 1 aromatic carbocycles. The number of aliphatic hydroxyl groups excluding tert-OH is 1. The van der Waals surface area contributed by atoms with Crippen LogP contribution in [0.15, 0.2) is 43.1 Å². The molecule has 3 aromatic rings. The topological polar surface area (TPSA) is 89.1 Å².